The fourth-order valence-corrected chi connectivity index (χ4v) is 2.40. The van der Waals surface area contributed by atoms with Crippen LogP contribution in [0.5, 0.6) is 11.5 Å². The Balaban J connectivity index is 2.52. The van der Waals surface area contributed by atoms with Crippen LogP contribution in [-0.2, 0) is 12.8 Å². The number of rotatable bonds is 6. The molecule has 0 saturated heterocycles. The Morgan fingerprint density at radius 3 is 1.64 bits per heavy atom. The third kappa shape index (κ3) is 3.26. The number of phenolic OH excluding ortho intramolecular Hbond substituents is 2. The lowest BCUT2D eigenvalue weighted by Gasteiger charge is -2.11. The largest absolute Gasteiger partial charge is 0.508 e. The van der Waals surface area contributed by atoms with Crippen LogP contribution in [0.2, 0.25) is 0 Å². The summed E-state index contributed by atoms with van der Waals surface area (Å²) in [4.78, 5) is 12.8. The van der Waals surface area contributed by atoms with Crippen LogP contribution < -0.4 is 0 Å². The SMILES string of the molecule is C=CCc1cc(O)ccc1C(=O)c1ccc(O)cc1CC=C. The lowest BCUT2D eigenvalue weighted by Crippen LogP contribution is -2.08. The van der Waals surface area contributed by atoms with Gasteiger partial charge in [0.05, 0.1) is 0 Å². The van der Waals surface area contributed by atoms with Gasteiger partial charge in [-0.2, -0.15) is 0 Å². The minimum atomic E-state index is -0.145. The average molecular weight is 294 g/mol. The van der Waals surface area contributed by atoms with E-state index < -0.39 is 0 Å². The topological polar surface area (TPSA) is 57.5 Å². The van der Waals surface area contributed by atoms with Gasteiger partial charge in [-0.05, 0) is 60.4 Å². The Morgan fingerprint density at radius 2 is 1.27 bits per heavy atom. The van der Waals surface area contributed by atoms with Crippen LogP contribution in [0.15, 0.2) is 61.7 Å². The van der Waals surface area contributed by atoms with Gasteiger partial charge >= 0.3 is 0 Å². The van der Waals surface area contributed by atoms with Crippen LogP contribution in [0.25, 0.3) is 0 Å². The molecule has 112 valence electrons. The maximum Gasteiger partial charge on any atom is 0.193 e. The molecule has 0 bridgehead atoms. The summed E-state index contributed by atoms with van der Waals surface area (Å²) >= 11 is 0. The maximum absolute atomic E-state index is 12.8. The smallest absolute Gasteiger partial charge is 0.193 e. The molecule has 22 heavy (non-hydrogen) atoms. The zero-order valence-corrected chi connectivity index (χ0v) is 12.2. The van der Waals surface area contributed by atoms with Crippen LogP contribution in [0.3, 0.4) is 0 Å². The molecule has 0 radical (unpaired) electrons. The summed E-state index contributed by atoms with van der Waals surface area (Å²) < 4.78 is 0. The lowest BCUT2D eigenvalue weighted by atomic mass is 9.92. The molecule has 0 fully saturated rings. The van der Waals surface area contributed by atoms with Crippen LogP contribution in [0.1, 0.15) is 27.0 Å². The van der Waals surface area contributed by atoms with Gasteiger partial charge in [0.1, 0.15) is 11.5 Å². The third-order valence-corrected chi connectivity index (χ3v) is 3.40. The Morgan fingerprint density at radius 1 is 0.864 bits per heavy atom. The number of ketones is 1. The number of carbonyl (C=O) groups is 1. The Kier molecular flexibility index (Phi) is 4.79. The molecule has 0 atom stereocenters. The molecule has 0 aliphatic heterocycles. The Labute approximate surface area is 129 Å². The molecule has 2 N–H and O–H groups in total. The Hall–Kier alpha value is -2.81. The first kappa shape index (κ1) is 15.6. The van der Waals surface area contributed by atoms with Crippen molar-refractivity contribution in [2.45, 2.75) is 12.8 Å². The number of aromatic hydroxyl groups is 2. The van der Waals surface area contributed by atoms with Crippen LogP contribution in [0, 0.1) is 0 Å². The number of hydrogen-bond acceptors (Lipinski definition) is 3. The van der Waals surface area contributed by atoms with Gasteiger partial charge < -0.3 is 10.2 Å². The predicted octanol–water partition coefficient (Wildman–Crippen LogP) is 3.79. The highest BCUT2D eigenvalue weighted by Gasteiger charge is 2.17. The van der Waals surface area contributed by atoms with Crippen molar-refractivity contribution in [1.82, 2.24) is 0 Å². The van der Waals surface area contributed by atoms with E-state index >= 15 is 0 Å². The molecule has 0 saturated carbocycles. The molecule has 0 heterocycles. The standard InChI is InChI=1S/C19H18O3/c1-3-5-13-11-15(20)7-9-17(13)19(22)18-10-8-16(21)12-14(18)6-4-2/h3-4,7-12,20-21H,1-2,5-6H2. The second-order valence-corrected chi connectivity index (χ2v) is 5.00. The fraction of sp³-hybridized carbons (Fsp3) is 0.105. The zero-order valence-electron chi connectivity index (χ0n) is 12.2. The first-order valence-corrected chi connectivity index (χ1v) is 6.97. The molecule has 2 rings (SSSR count). The summed E-state index contributed by atoms with van der Waals surface area (Å²) in [6, 6.07) is 9.36. The second-order valence-electron chi connectivity index (χ2n) is 5.00. The maximum atomic E-state index is 12.8. The quantitative estimate of drug-likeness (QED) is 0.629. The van der Waals surface area contributed by atoms with Crippen molar-refractivity contribution in [2.75, 3.05) is 0 Å². The molecule has 0 amide bonds. The molecular weight excluding hydrogens is 276 g/mol. The molecule has 2 aromatic rings. The van der Waals surface area contributed by atoms with E-state index in [2.05, 4.69) is 13.2 Å². The highest BCUT2D eigenvalue weighted by Crippen LogP contribution is 2.24. The van der Waals surface area contributed by atoms with Gasteiger partial charge in [0.2, 0.25) is 0 Å². The molecular formula is C19H18O3. The summed E-state index contributed by atoms with van der Waals surface area (Å²) in [5.74, 6) is 0.0875. The van der Waals surface area contributed by atoms with Crippen molar-refractivity contribution >= 4 is 5.78 Å². The van der Waals surface area contributed by atoms with Crippen molar-refractivity contribution in [3.05, 3.63) is 84.0 Å². The molecule has 0 aromatic heterocycles. The van der Waals surface area contributed by atoms with Crippen molar-refractivity contribution in [3.8, 4) is 11.5 Å². The number of carbonyl (C=O) groups excluding carboxylic acids is 1. The first-order valence-electron chi connectivity index (χ1n) is 6.97. The van der Waals surface area contributed by atoms with E-state index in [0.717, 1.165) is 11.1 Å². The van der Waals surface area contributed by atoms with Gasteiger partial charge in [-0.15, -0.1) is 13.2 Å². The molecule has 0 unspecified atom stereocenters. The number of allylic oxidation sites excluding steroid dienone is 2. The molecule has 3 heteroatoms. The van der Waals surface area contributed by atoms with Crippen molar-refractivity contribution in [1.29, 1.82) is 0 Å². The van der Waals surface area contributed by atoms with Gasteiger partial charge in [0.25, 0.3) is 0 Å². The van der Waals surface area contributed by atoms with Crippen LogP contribution in [-0.4, -0.2) is 16.0 Å². The van der Waals surface area contributed by atoms with Gasteiger partial charge in [0, 0.05) is 11.1 Å². The van der Waals surface area contributed by atoms with E-state index in [1.54, 1.807) is 36.4 Å². The normalized spacial score (nSPS) is 10.2. The summed E-state index contributed by atoms with van der Waals surface area (Å²) in [6.45, 7) is 7.36. The van der Waals surface area contributed by atoms with Gasteiger partial charge in [0.15, 0.2) is 5.78 Å². The number of phenols is 2. The van der Waals surface area contributed by atoms with E-state index in [9.17, 15) is 15.0 Å². The highest BCUT2D eigenvalue weighted by molar-refractivity contribution is 6.11. The highest BCUT2D eigenvalue weighted by atomic mass is 16.3. The molecule has 3 nitrogen and oxygen atoms in total. The number of hydrogen-bond donors (Lipinski definition) is 2. The zero-order chi connectivity index (χ0) is 16.1. The summed E-state index contributed by atoms with van der Waals surface area (Å²) in [7, 11) is 0. The van der Waals surface area contributed by atoms with Crippen LogP contribution >= 0.6 is 0 Å². The first-order chi connectivity index (χ1) is 10.6. The van der Waals surface area contributed by atoms with E-state index in [0.29, 0.717) is 24.0 Å². The fourth-order valence-electron chi connectivity index (χ4n) is 2.40. The summed E-state index contributed by atoms with van der Waals surface area (Å²) in [5.41, 5.74) is 2.48. The second kappa shape index (κ2) is 6.76. The van der Waals surface area contributed by atoms with E-state index in [1.807, 2.05) is 0 Å². The van der Waals surface area contributed by atoms with Crippen LogP contribution in [0.4, 0.5) is 0 Å². The van der Waals surface area contributed by atoms with Gasteiger partial charge in [-0.25, -0.2) is 0 Å². The molecule has 0 aliphatic rings. The van der Waals surface area contributed by atoms with E-state index in [-0.39, 0.29) is 17.3 Å². The monoisotopic (exact) mass is 294 g/mol. The Bertz CT molecular complexity index is 668. The minimum Gasteiger partial charge on any atom is -0.508 e. The van der Waals surface area contributed by atoms with E-state index in [1.165, 1.54) is 12.1 Å². The molecule has 0 aliphatic carbocycles. The van der Waals surface area contributed by atoms with Crippen molar-refractivity contribution in [2.24, 2.45) is 0 Å². The molecule has 0 spiro atoms. The number of benzene rings is 2. The summed E-state index contributed by atoms with van der Waals surface area (Å²) in [6.07, 6.45) is 4.36. The molecule has 2 aromatic carbocycles. The van der Waals surface area contributed by atoms with Crippen molar-refractivity contribution in [3.63, 3.8) is 0 Å². The average Bonchev–Trinajstić information content (AvgIpc) is 2.48. The lowest BCUT2D eigenvalue weighted by molar-refractivity contribution is 0.103. The van der Waals surface area contributed by atoms with Gasteiger partial charge in [-0.3, -0.25) is 4.79 Å². The predicted molar refractivity (Wildman–Crippen MR) is 87.4 cm³/mol. The van der Waals surface area contributed by atoms with Crippen molar-refractivity contribution < 1.29 is 15.0 Å². The van der Waals surface area contributed by atoms with Gasteiger partial charge in [-0.1, -0.05) is 12.2 Å². The third-order valence-electron chi connectivity index (χ3n) is 3.40. The van der Waals surface area contributed by atoms with E-state index in [4.69, 9.17) is 0 Å². The minimum absolute atomic E-state index is 0.116. The summed E-state index contributed by atoms with van der Waals surface area (Å²) in [5, 5.41) is 19.2.